The predicted molar refractivity (Wildman–Crippen MR) is 128 cm³/mol. The number of halogens is 3. The predicted octanol–water partition coefficient (Wildman–Crippen LogP) is 5.26. The number of nitrogens with one attached hydrogen (secondary N) is 2. The van der Waals surface area contributed by atoms with E-state index in [1.807, 2.05) is 0 Å². The third kappa shape index (κ3) is 7.14. The standard InChI is InChI=1S/C19H15Cl3N4O4S2/c1-29-15-5-3-11(21)7-13(15)23-17(28)9-31-19-26-25-18(32-19)24-16(27)8-30-14-4-2-10(20)6-12(14)22/h2-7H,8-9H2,1H3,(H,23,28)(H,24,25,27). The van der Waals surface area contributed by atoms with Crippen LogP contribution >= 0.6 is 57.9 Å². The highest BCUT2D eigenvalue weighted by molar-refractivity contribution is 8.01. The van der Waals surface area contributed by atoms with Crippen LogP contribution < -0.4 is 20.1 Å². The Morgan fingerprint density at radius 2 is 1.72 bits per heavy atom. The van der Waals surface area contributed by atoms with Crippen molar-refractivity contribution in [2.75, 3.05) is 30.1 Å². The number of carbonyl (C=O) groups excluding carboxylic acids is 2. The maximum atomic E-state index is 12.2. The molecule has 2 N–H and O–H groups in total. The maximum absolute atomic E-state index is 12.2. The number of ether oxygens (including phenoxy) is 2. The Balaban J connectivity index is 1.46. The van der Waals surface area contributed by atoms with E-state index >= 15 is 0 Å². The molecule has 32 heavy (non-hydrogen) atoms. The molecule has 0 aliphatic rings. The quantitative estimate of drug-likeness (QED) is 0.286. The molecule has 2 amide bonds. The van der Waals surface area contributed by atoms with Gasteiger partial charge in [-0.15, -0.1) is 10.2 Å². The number of rotatable bonds is 9. The van der Waals surface area contributed by atoms with E-state index in [9.17, 15) is 9.59 Å². The molecule has 0 fully saturated rings. The summed E-state index contributed by atoms with van der Waals surface area (Å²) in [5.74, 6) is 0.202. The minimum Gasteiger partial charge on any atom is -0.495 e. The van der Waals surface area contributed by atoms with Gasteiger partial charge in [0.1, 0.15) is 11.5 Å². The molecule has 168 valence electrons. The molecule has 2 aromatic carbocycles. The van der Waals surface area contributed by atoms with E-state index in [2.05, 4.69) is 20.8 Å². The highest BCUT2D eigenvalue weighted by Gasteiger charge is 2.13. The summed E-state index contributed by atoms with van der Waals surface area (Å²) in [5, 5.41) is 14.7. The highest BCUT2D eigenvalue weighted by atomic mass is 35.5. The SMILES string of the molecule is COc1ccc(Cl)cc1NC(=O)CSc1nnc(NC(=O)COc2ccc(Cl)cc2Cl)s1. The topological polar surface area (TPSA) is 102 Å². The molecule has 8 nitrogen and oxygen atoms in total. The summed E-state index contributed by atoms with van der Waals surface area (Å²) >= 11 is 20.1. The van der Waals surface area contributed by atoms with Crippen LogP contribution in [0.4, 0.5) is 10.8 Å². The molecule has 0 aliphatic heterocycles. The Labute approximate surface area is 206 Å². The van der Waals surface area contributed by atoms with E-state index in [-0.39, 0.29) is 23.4 Å². The Hall–Kier alpha value is -2.24. The Morgan fingerprint density at radius 3 is 2.44 bits per heavy atom. The van der Waals surface area contributed by atoms with Crippen molar-refractivity contribution in [3.63, 3.8) is 0 Å². The second kappa shape index (κ2) is 11.6. The van der Waals surface area contributed by atoms with Crippen LogP contribution in [0.15, 0.2) is 40.7 Å². The second-order valence-corrected chi connectivity index (χ2v) is 9.45. The van der Waals surface area contributed by atoms with Gasteiger partial charge in [0.2, 0.25) is 11.0 Å². The van der Waals surface area contributed by atoms with Gasteiger partial charge in [0.15, 0.2) is 10.9 Å². The lowest BCUT2D eigenvalue weighted by molar-refractivity contribution is -0.118. The lowest BCUT2D eigenvalue weighted by atomic mass is 10.3. The first kappa shape index (κ1) is 24.4. The number of hydrogen-bond donors (Lipinski definition) is 2. The first-order valence-electron chi connectivity index (χ1n) is 8.81. The average molecular weight is 534 g/mol. The summed E-state index contributed by atoms with van der Waals surface area (Å²) in [6, 6.07) is 9.62. The monoisotopic (exact) mass is 532 g/mol. The van der Waals surface area contributed by atoms with E-state index < -0.39 is 5.91 Å². The molecular weight excluding hydrogens is 519 g/mol. The van der Waals surface area contributed by atoms with Crippen LogP contribution in [0.2, 0.25) is 15.1 Å². The van der Waals surface area contributed by atoms with Gasteiger partial charge in [0.25, 0.3) is 5.91 Å². The summed E-state index contributed by atoms with van der Waals surface area (Å²) in [7, 11) is 1.50. The van der Waals surface area contributed by atoms with Gasteiger partial charge in [-0.1, -0.05) is 57.9 Å². The molecule has 0 atom stereocenters. The van der Waals surface area contributed by atoms with Gasteiger partial charge in [-0.3, -0.25) is 14.9 Å². The summed E-state index contributed by atoms with van der Waals surface area (Å²) in [6.45, 7) is -0.271. The summed E-state index contributed by atoms with van der Waals surface area (Å²) in [6.07, 6.45) is 0. The largest absolute Gasteiger partial charge is 0.495 e. The molecule has 0 saturated heterocycles. The minimum atomic E-state index is -0.436. The Bertz CT molecular complexity index is 1130. The molecule has 0 spiro atoms. The minimum absolute atomic E-state index is 0.0798. The van der Waals surface area contributed by atoms with Gasteiger partial charge >= 0.3 is 0 Å². The van der Waals surface area contributed by atoms with E-state index in [4.69, 9.17) is 44.3 Å². The van der Waals surface area contributed by atoms with Gasteiger partial charge in [0, 0.05) is 10.0 Å². The number of hydrogen-bond acceptors (Lipinski definition) is 8. The van der Waals surface area contributed by atoms with Crippen LogP contribution in [-0.4, -0.2) is 41.5 Å². The van der Waals surface area contributed by atoms with Crippen molar-refractivity contribution < 1.29 is 19.1 Å². The number of methoxy groups -OCH3 is 1. The fourth-order valence-corrected chi connectivity index (χ4v) is 4.50. The smallest absolute Gasteiger partial charge is 0.264 e. The lowest BCUT2D eigenvalue weighted by Gasteiger charge is -2.09. The van der Waals surface area contributed by atoms with Crippen molar-refractivity contribution in [3.05, 3.63) is 51.5 Å². The van der Waals surface area contributed by atoms with Gasteiger partial charge in [-0.25, -0.2) is 0 Å². The molecular formula is C19H15Cl3N4O4S2. The molecule has 0 aliphatic carbocycles. The second-order valence-electron chi connectivity index (χ2n) is 5.97. The lowest BCUT2D eigenvalue weighted by Crippen LogP contribution is -2.20. The third-order valence-corrected chi connectivity index (χ3v) is 6.41. The fraction of sp³-hybridized carbons (Fsp3) is 0.158. The summed E-state index contributed by atoms with van der Waals surface area (Å²) in [5.41, 5.74) is 0.469. The van der Waals surface area contributed by atoms with E-state index in [1.165, 1.54) is 24.9 Å². The van der Waals surface area contributed by atoms with E-state index in [0.29, 0.717) is 36.6 Å². The zero-order valence-corrected chi connectivity index (χ0v) is 20.3. The highest BCUT2D eigenvalue weighted by Crippen LogP contribution is 2.30. The normalized spacial score (nSPS) is 10.5. The summed E-state index contributed by atoms with van der Waals surface area (Å²) in [4.78, 5) is 24.3. The van der Waals surface area contributed by atoms with Crippen LogP contribution in [-0.2, 0) is 9.59 Å². The van der Waals surface area contributed by atoms with Crippen molar-refractivity contribution >= 4 is 80.5 Å². The molecule has 3 aromatic rings. The van der Waals surface area contributed by atoms with Gasteiger partial charge < -0.3 is 14.8 Å². The van der Waals surface area contributed by atoms with Gasteiger partial charge in [-0.05, 0) is 36.4 Å². The van der Waals surface area contributed by atoms with Crippen LogP contribution in [0.3, 0.4) is 0 Å². The Kier molecular flexibility index (Phi) is 8.83. The molecule has 0 unspecified atom stereocenters. The number of benzene rings is 2. The number of anilines is 2. The average Bonchev–Trinajstić information content (AvgIpc) is 3.19. The van der Waals surface area contributed by atoms with Crippen LogP contribution in [0.5, 0.6) is 11.5 Å². The van der Waals surface area contributed by atoms with Crippen molar-refractivity contribution in [1.82, 2.24) is 10.2 Å². The van der Waals surface area contributed by atoms with Crippen LogP contribution in [0.25, 0.3) is 0 Å². The zero-order valence-electron chi connectivity index (χ0n) is 16.4. The third-order valence-electron chi connectivity index (χ3n) is 3.67. The molecule has 1 heterocycles. The maximum Gasteiger partial charge on any atom is 0.264 e. The van der Waals surface area contributed by atoms with Crippen molar-refractivity contribution in [3.8, 4) is 11.5 Å². The first-order chi connectivity index (χ1) is 15.3. The summed E-state index contributed by atoms with van der Waals surface area (Å²) < 4.78 is 11.1. The van der Waals surface area contributed by atoms with Crippen molar-refractivity contribution in [1.29, 1.82) is 0 Å². The number of thioether (sulfide) groups is 1. The van der Waals surface area contributed by atoms with Crippen molar-refractivity contribution in [2.45, 2.75) is 4.34 Å². The molecule has 0 radical (unpaired) electrons. The molecule has 0 saturated carbocycles. The van der Waals surface area contributed by atoms with Gasteiger partial charge in [0.05, 0.1) is 23.6 Å². The van der Waals surface area contributed by atoms with Crippen molar-refractivity contribution in [2.24, 2.45) is 0 Å². The number of aromatic nitrogens is 2. The van der Waals surface area contributed by atoms with E-state index in [0.717, 1.165) is 11.3 Å². The molecule has 0 bridgehead atoms. The van der Waals surface area contributed by atoms with Crippen LogP contribution in [0.1, 0.15) is 0 Å². The fourth-order valence-electron chi connectivity index (χ4n) is 2.30. The molecule has 1 aromatic heterocycles. The van der Waals surface area contributed by atoms with E-state index in [1.54, 1.807) is 30.3 Å². The van der Waals surface area contributed by atoms with Gasteiger partial charge in [-0.2, -0.15) is 0 Å². The number of carbonyl (C=O) groups is 2. The molecule has 13 heteroatoms. The first-order valence-corrected chi connectivity index (χ1v) is 11.7. The zero-order chi connectivity index (χ0) is 23.1. The molecule has 3 rings (SSSR count). The number of nitrogens with zero attached hydrogens (tertiary/aromatic N) is 2. The number of amides is 2. The Morgan fingerprint density at radius 1 is 1.00 bits per heavy atom. The van der Waals surface area contributed by atoms with Crippen LogP contribution in [0, 0.1) is 0 Å².